The highest BCUT2D eigenvalue weighted by molar-refractivity contribution is 7.92. The fraction of sp³-hybridized carbons (Fsp3) is 0.235. The van der Waals surface area contributed by atoms with Crippen LogP contribution < -0.4 is 9.62 Å². The third-order valence-electron chi connectivity index (χ3n) is 3.60. The Kier molecular flexibility index (Phi) is 4.75. The number of hydrogen-bond acceptors (Lipinski definition) is 3. The molecule has 0 atom stereocenters. The fourth-order valence-corrected chi connectivity index (χ4v) is 2.65. The molecule has 2 aromatic carbocycles. The van der Waals surface area contributed by atoms with Crippen molar-refractivity contribution in [2.24, 2.45) is 0 Å². The molecule has 23 heavy (non-hydrogen) atoms. The maximum absolute atomic E-state index is 12.4. The van der Waals surface area contributed by atoms with Gasteiger partial charge in [-0.3, -0.25) is 9.10 Å². The predicted molar refractivity (Wildman–Crippen MR) is 93.6 cm³/mol. The zero-order valence-electron chi connectivity index (χ0n) is 13.6. The van der Waals surface area contributed by atoms with Crippen LogP contribution in [0.3, 0.4) is 0 Å². The Bertz CT molecular complexity index is 845. The molecule has 2 aromatic rings. The summed E-state index contributed by atoms with van der Waals surface area (Å²) in [5, 5.41) is 2.81. The summed E-state index contributed by atoms with van der Waals surface area (Å²) in [5.41, 5.74) is 3.53. The van der Waals surface area contributed by atoms with Crippen LogP contribution in [-0.4, -0.2) is 27.6 Å². The van der Waals surface area contributed by atoms with Gasteiger partial charge in [-0.15, -0.1) is 0 Å². The summed E-state index contributed by atoms with van der Waals surface area (Å²) in [6.45, 7) is 3.81. The highest BCUT2D eigenvalue weighted by Gasteiger charge is 2.14. The Balaban J connectivity index is 2.27. The van der Waals surface area contributed by atoms with Crippen LogP contribution in [0.4, 0.5) is 11.4 Å². The van der Waals surface area contributed by atoms with Crippen LogP contribution in [0.15, 0.2) is 42.5 Å². The van der Waals surface area contributed by atoms with Crippen molar-refractivity contribution in [2.45, 2.75) is 13.8 Å². The van der Waals surface area contributed by atoms with Gasteiger partial charge in [0, 0.05) is 18.3 Å². The fourth-order valence-electron chi connectivity index (χ4n) is 2.15. The summed E-state index contributed by atoms with van der Waals surface area (Å²) in [6.07, 6.45) is 1.13. The minimum atomic E-state index is -3.34. The molecule has 1 N–H and O–H groups in total. The maximum Gasteiger partial charge on any atom is 0.255 e. The first-order chi connectivity index (χ1) is 10.7. The number of aryl methyl sites for hydroxylation is 2. The summed E-state index contributed by atoms with van der Waals surface area (Å²) in [6, 6.07) is 12.4. The van der Waals surface area contributed by atoms with E-state index in [1.807, 2.05) is 32.0 Å². The summed E-state index contributed by atoms with van der Waals surface area (Å²) in [7, 11) is -1.87. The lowest BCUT2D eigenvalue weighted by molar-refractivity contribution is 0.102. The van der Waals surface area contributed by atoms with Crippen LogP contribution in [0, 0.1) is 13.8 Å². The van der Waals surface area contributed by atoms with Crippen molar-refractivity contribution < 1.29 is 13.2 Å². The molecule has 0 aliphatic heterocycles. The summed E-state index contributed by atoms with van der Waals surface area (Å²) in [5.74, 6) is -0.217. The van der Waals surface area contributed by atoms with Crippen molar-refractivity contribution in [1.82, 2.24) is 0 Å². The standard InChI is InChI=1S/C17H20N2O3S/c1-12-8-9-13(2)16(10-12)17(20)18-14-6-5-7-15(11-14)19(3)23(4,21)22/h5-11H,1-4H3,(H,18,20). The first kappa shape index (κ1) is 17.0. The summed E-state index contributed by atoms with van der Waals surface area (Å²) < 4.78 is 24.4. The first-order valence-electron chi connectivity index (χ1n) is 7.11. The van der Waals surface area contributed by atoms with Crippen LogP contribution in [-0.2, 0) is 10.0 Å². The van der Waals surface area contributed by atoms with Gasteiger partial charge in [0.05, 0.1) is 11.9 Å². The van der Waals surface area contributed by atoms with E-state index < -0.39 is 10.0 Å². The average molecular weight is 332 g/mol. The molecule has 0 radical (unpaired) electrons. The third-order valence-corrected chi connectivity index (χ3v) is 4.81. The maximum atomic E-state index is 12.4. The number of carbonyl (C=O) groups is 1. The van der Waals surface area contributed by atoms with E-state index in [2.05, 4.69) is 5.32 Å². The van der Waals surface area contributed by atoms with Gasteiger partial charge in [-0.05, 0) is 43.7 Å². The van der Waals surface area contributed by atoms with Gasteiger partial charge in [0.15, 0.2) is 0 Å². The van der Waals surface area contributed by atoms with E-state index in [9.17, 15) is 13.2 Å². The zero-order valence-corrected chi connectivity index (χ0v) is 14.4. The average Bonchev–Trinajstić information content (AvgIpc) is 2.48. The van der Waals surface area contributed by atoms with Gasteiger partial charge in [0.1, 0.15) is 0 Å². The normalized spacial score (nSPS) is 11.1. The number of amides is 1. The number of nitrogens with one attached hydrogen (secondary N) is 1. The monoisotopic (exact) mass is 332 g/mol. The lowest BCUT2D eigenvalue weighted by Gasteiger charge is -2.17. The van der Waals surface area contributed by atoms with Gasteiger partial charge >= 0.3 is 0 Å². The summed E-state index contributed by atoms with van der Waals surface area (Å²) in [4.78, 5) is 12.4. The molecule has 2 rings (SSSR count). The molecule has 0 saturated carbocycles. The van der Waals surface area contributed by atoms with Crippen molar-refractivity contribution in [3.63, 3.8) is 0 Å². The van der Waals surface area contributed by atoms with E-state index in [4.69, 9.17) is 0 Å². The molecule has 6 heteroatoms. The lowest BCUT2D eigenvalue weighted by Crippen LogP contribution is -2.25. The molecule has 0 spiro atoms. The number of nitrogens with zero attached hydrogens (tertiary/aromatic N) is 1. The van der Waals surface area contributed by atoms with Crippen LogP contribution in [0.1, 0.15) is 21.5 Å². The number of hydrogen-bond donors (Lipinski definition) is 1. The van der Waals surface area contributed by atoms with Gasteiger partial charge in [0.2, 0.25) is 10.0 Å². The van der Waals surface area contributed by atoms with Crippen molar-refractivity contribution >= 4 is 27.3 Å². The Hall–Kier alpha value is -2.34. The van der Waals surface area contributed by atoms with Crippen LogP contribution in [0.25, 0.3) is 0 Å². The molecule has 0 heterocycles. The van der Waals surface area contributed by atoms with E-state index in [1.54, 1.807) is 24.3 Å². The molecule has 122 valence electrons. The lowest BCUT2D eigenvalue weighted by atomic mass is 10.0. The van der Waals surface area contributed by atoms with Crippen LogP contribution in [0.5, 0.6) is 0 Å². The smallest absolute Gasteiger partial charge is 0.255 e. The van der Waals surface area contributed by atoms with E-state index >= 15 is 0 Å². The van der Waals surface area contributed by atoms with E-state index in [1.165, 1.54) is 11.4 Å². The quantitative estimate of drug-likeness (QED) is 0.936. The van der Waals surface area contributed by atoms with Gasteiger partial charge in [-0.1, -0.05) is 23.8 Å². The van der Waals surface area contributed by atoms with Crippen molar-refractivity contribution in [1.29, 1.82) is 0 Å². The Morgan fingerprint density at radius 1 is 1.09 bits per heavy atom. The highest BCUT2D eigenvalue weighted by Crippen LogP contribution is 2.21. The molecule has 1 amide bonds. The SMILES string of the molecule is Cc1ccc(C)c(C(=O)Nc2cccc(N(C)S(C)(=O)=O)c2)c1. The first-order valence-corrected chi connectivity index (χ1v) is 8.96. The molecule has 0 bridgehead atoms. The highest BCUT2D eigenvalue weighted by atomic mass is 32.2. The second kappa shape index (κ2) is 6.42. The molecule has 0 unspecified atom stereocenters. The van der Waals surface area contributed by atoms with Gasteiger partial charge in [-0.25, -0.2) is 8.42 Å². The Morgan fingerprint density at radius 3 is 2.43 bits per heavy atom. The number of carbonyl (C=O) groups excluding carboxylic acids is 1. The molecular weight excluding hydrogens is 312 g/mol. The molecule has 5 nitrogen and oxygen atoms in total. The molecule has 0 aliphatic rings. The van der Waals surface area contributed by atoms with E-state index in [-0.39, 0.29) is 5.91 Å². The Morgan fingerprint density at radius 2 is 1.78 bits per heavy atom. The number of anilines is 2. The predicted octanol–water partition coefficient (Wildman–Crippen LogP) is 2.95. The van der Waals surface area contributed by atoms with Gasteiger partial charge in [0.25, 0.3) is 5.91 Å². The second-order valence-corrected chi connectivity index (χ2v) is 7.57. The minimum Gasteiger partial charge on any atom is -0.322 e. The molecule has 0 saturated heterocycles. The van der Waals surface area contributed by atoms with Crippen molar-refractivity contribution in [3.8, 4) is 0 Å². The van der Waals surface area contributed by atoms with Crippen LogP contribution >= 0.6 is 0 Å². The number of sulfonamides is 1. The molecular formula is C17H20N2O3S. The van der Waals surface area contributed by atoms with E-state index in [0.29, 0.717) is 16.9 Å². The van der Waals surface area contributed by atoms with E-state index in [0.717, 1.165) is 17.4 Å². The minimum absolute atomic E-state index is 0.217. The number of rotatable bonds is 4. The largest absolute Gasteiger partial charge is 0.322 e. The van der Waals surface area contributed by atoms with Gasteiger partial charge < -0.3 is 5.32 Å². The second-order valence-electron chi connectivity index (χ2n) is 5.55. The van der Waals surface area contributed by atoms with Crippen molar-refractivity contribution in [3.05, 3.63) is 59.2 Å². The molecule has 0 aliphatic carbocycles. The molecule has 0 aromatic heterocycles. The zero-order chi connectivity index (χ0) is 17.2. The molecule has 0 fully saturated rings. The Labute approximate surface area is 137 Å². The third kappa shape index (κ3) is 4.10. The van der Waals surface area contributed by atoms with Gasteiger partial charge in [-0.2, -0.15) is 0 Å². The van der Waals surface area contributed by atoms with Crippen LogP contribution in [0.2, 0.25) is 0 Å². The summed E-state index contributed by atoms with van der Waals surface area (Å²) >= 11 is 0. The number of benzene rings is 2. The topological polar surface area (TPSA) is 66.5 Å². The van der Waals surface area contributed by atoms with Crippen molar-refractivity contribution in [2.75, 3.05) is 22.9 Å².